The number of fused-ring (bicyclic) bond motifs is 1. The van der Waals surface area contributed by atoms with Crippen LogP contribution in [-0.2, 0) is 6.61 Å². The van der Waals surface area contributed by atoms with Gasteiger partial charge in [-0.3, -0.25) is 4.68 Å². The van der Waals surface area contributed by atoms with E-state index in [0.717, 1.165) is 13.0 Å². The summed E-state index contributed by atoms with van der Waals surface area (Å²) in [5.41, 5.74) is 10.4. The van der Waals surface area contributed by atoms with E-state index in [9.17, 15) is 15.3 Å². The van der Waals surface area contributed by atoms with Gasteiger partial charge in [0.25, 0.3) is 0 Å². The highest BCUT2D eigenvalue weighted by Crippen LogP contribution is 2.40. The molecule has 0 unspecified atom stereocenters. The van der Waals surface area contributed by atoms with Crippen molar-refractivity contribution < 1.29 is 15.3 Å². The van der Waals surface area contributed by atoms with Crippen LogP contribution in [0, 0.1) is 0 Å². The molecule has 2 aliphatic rings. The van der Waals surface area contributed by atoms with E-state index in [1.807, 2.05) is 41.0 Å². The Morgan fingerprint density at radius 2 is 1.66 bits per heavy atom. The molecule has 1 aliphatic carbocycles. The Morgan fingerprint density at radius 3 is 2.30 bits per heavy atom. The summed E-state index contributed by atoms with van der Waals surface area (Å²) >= 11 is 0. The summed E-state index contributed by atoms with van der Waals surface area (Å²) in [4.78, 5) is 16.7. The molecule has 1 saturated heterocycles. The first kappa shape index (κ1) is 28.4. The molecule has 2 aromatic carbocycles. The number of nitrogens with one attached hydrogen (secondary N) is 1. The molecular formula is C32H37N9O3. The molecule has 5 atom stereocenters. The van der Waals surface area contributed by atoms with Crippen molar-refractivity contribution in [3.05, 3.63) is 96.1 Å². The summed E-state index contributed by atoms with van der Waals surface area (Å²) in [6.07, 6.45) is 4.05. The van der Waals surface area contributed by atoms with E-state index in [-0.39, 0.29) is 18.6 Å². The smallest absolute Gasteiger partial charge is 0.229 e. The summed E-state index contributed by atoms with van der Waals surface area (Å²) in [6, 6.07) is 19.8. The number of benzene rings is 2. The van der Waals surface area contributed by atoms with Gasteiger partial charge >= 0.3 is 0 Å². The van der Waals surface area contributed by atoms with Gasteiger partial charge in [0.05, 0.1) is 31.2 Å². The highest BCUT2D eigenvalue weighted by Gasteiger charge is 2.44. The van der Waals surface area contributed by atoms with Crippen LogP contribution in [0.25, 0.3) is 11.2 Å². The molecule has 0 amide bonds. The molecule has 2 fully saturated rings. The van der Waals surface area contributed by atoms with Gasteiger partial charge in [-0.05, 0) is 24.0 Å². The van der Waals surface area contributed by atoms with Crippen molar-refractivity contribution in [2.24, 2.45) is 5.73 Å². The van der Waals surface area contributed by atoms with Gasteiger partial charge in [0.2, 0.25) is 5.95 Å². The molecule has 0 spiro atoms. The molecule has 228 valence electrons. The lowest BCUT2D eigenvalue weighted by Crippen LogP contribution is -2.30. The van der Waals surface area contributed by atoms with Gasteiger partial charge in [0.1, 0.15) is 12.2 Å². The molecular weight excluding hydrogens is 558 g/mol. The van der Waals surface area contributed by atoms with Gasteiger partial charge in [-0.25, -0.2) is 4.98 Å². The minimum Gasteiger partial charge on any atom is -0.392 e. The normalized spacial score (nSPS) is 23.7. The maximum absolute atomic E-state index is 11.2. The van der Waals surface area contributed by atoms with Crippen molar-refractivity contribution in [1.82, 2.24) is 29.3 Å². The average Bonchev–Trinajstić information content (AvgIpc) is 3.86. The molecule has 0 bridgehead atoms. The minimum absolute atomic E-state index is 0.0431. The number of aliphatic hydroxyl groups excluding tert-OH is 3. The largest absolute Gasteiger partial charge is 0.392 e. The molecule has 44 heavy (non-hydrogen) atoms. The van der Waals surface area contributed by atoms with Gasteiger partial charge in [0.15, 0.2) is 17.0 Å². The van der Waals surface area contributed by atoms with Crippen LogP contribution in [0.2, 0.25) is 0 Å². The highest BCUT2D eigenvalue weighted by molar-refractivity contribution is 5.84. The summed E-state index contributed by atoms with van der Waals surface area (Å²) in [5.74, 6) is 1.22. The number of anilines is 2. The Balaban J connectivity index is 1.25. The van der Waals surface area contributed by atoms with Crippen LogP contribution in [0.3, 0.4) is 0 Å². The van der Waals surface area contributed by atoms with E-state index < -0.39 is 24.3 Å². The molecule has 12 nitrogen and oxygen atoms in total. The molecule has 0 radical (unpaired) electrons. The van der Waals surface area contributed by atoms with E-state index >= 15 is 0 Å². The molecule has 1 aliphatic heterocycles. The minimum atomic E-state index is -1.07. The summed E-state index contributed by atoms with van der Waals surface area (Å²) in [7, 11) is 0. The maximum atomic E-state index is 11.2. The second-order valence-corrected chi connectivity index (χ2v) is 11.8. The molecule has 7 rings (SSSR count). The lowest BCUT2D eigenvalue weighted by Gasteiger charge is -2.22. The fourth-order valence-electron chi connectivity index (χ4n) is 6.54. The summed E-state index contributed by atoms with van der Waals surface area (Å²) < 4.78 is 3.46. The second kappa shape index (κ2) is 12.0. The zero-order chi connectivity index (χ0) is 30.2. The molecule has 1 saturated carbocycles. The topological polar surface area (TPSA) is 163 Å². The first-order chi connectivity index (χ1) is 21.5. The van der Waals surface area contributed by atoms with Crippen LogP contribution in [-0.4, -0.2) is 82.5 Å². The molecule has 5 aromatic rings. The molecule has 3 aromatic heterocycles. The van der Waals surface area contributed by atoms with Crippen LogP contribution >= 0.6 is 0 Å². The van der Waals surface area contributed by atoms with E-state index in [4.69, 9.17) is 20.7 Å². The lowest BCUT2D eigenvalue weighted by molar-refractivity contribution is 0.00720. The third kappa shape index (κ3) is 5.30. The number of aromatic nitrogens is 6. The van der Waals surface area contributed by atoms with Crippen molar-refractivity contribution in [2.45, 2.75) is 55.7 Å². The van der Waals surface area contributed by atoms with Crippen LogP contribution in [0.15, 0.2) is 79.4 Å². The number of hydrogen-bond acceptors (Lipinski definition) is 10. The first-order valence-corrected chi connectivity index (χ1v) is 15.1. The van der Waals surface area contributed by atoms with Crippen molar-refractivity contribution >= 4 is 22.9 Å². The van der Waals surface area contributed by atoms with E-state index in [1.54, 1.807) is 23.4 Å². The zero-order valence-electron chi connectivity index (χ0n) is 24.3. The maximum Gasteiger partial charge on any atom is 0.229 e. The van der Waals surface area contributed by atoms with Crippen molar-refractivity contribution in [1.29, 1.82) is 0 Å². The number of hydrogen-bond donors (Lipinski definition) is 5. The average molecular weight is 596 g/mol. The lowest BCUT2D eigenvalue weighted by atomic mass is 9.91. The van der Waals surface area contributed by atoms with Crippen molar-refractivity contribution in [2.75, 3.05) is 29.9 Å². The Labute approximate surface area is 254 Å². The number of rotatable bonds is 9. The van der Waals surface area contributed by atoms with E-state index in [0.29, 0.717) is 48.0 Å². The highest BCUT2D eigenvalue weighted by atomic mass is 16.3. The van der Waals surface area contributed by atoms with Crippen molar-refractivity contribution in [3.8, 4) is 0 Å². The Kier molecular flexibility index (Phi) is 7.73. The predicted molar refractivity (Wildman–Crippen MR) is 166 cm³/mol. The summed E-state index contributed by atoms with van der Waals surface area (Å²) in [6.45, 7) is 1.82. The van der Waals surface area contributed by atoms with E-state index in [2.05, 4.69) is 39.6 Å². The van der Waals surface area contributed by atoms with Gasteiger partial charge in [0, 0.05) is 43.4 Å². The fourth-order valence-corrected chi connectivity index (χ4v) is 6.54. The Morgan fingerprint density at radius 1 is 0.955 bits per heavy atom. The number of nitrogens with two attached hydrogens (primary N) is 1. The van der Waals surface area contributed by atoms with Crippen LogP contribution in [0.5, 0.6) is 0 Å². The molecule has 4 heterocycles. The first-order valence-electron chi connectivity index (χ1n) is 15.1. The number of aliphatic hydroxyl groups is 3. The van der Waals surface area contributed by atoms with E-state index in [1.165, 1.54) is 11.1 Å². The van der Waals surface area contributed by atoms with Gasteiger partial charge in [-0.15, -0.1) is 0 Å². The van der Waals surface area contributed by atoms with Gasteiger partial charge < -0.3 is 35.8 Å². The van der Waals surface area contributed by atoms with Crippen LogP contribution < -0.4 is 16.0 Å². The van der Waals surface area contributed by atoms with Gasteiger partial charge in [-0.2, -0.15) is 15.1 Å². The van der Waals surface area contributed by atoms with Crippen molar-refractivity contribution in [3.63, 3.8) is 0 Å². The van der Waals surface area contributed by atoms with Crippen LogP contribution in [0.1, 0.15) is 47.5 Å². The summed E-state index contributed by atoms with van der Waals surface area (Å²) in [5, 5.41) is 39.7. The number of nitrogens with zero attached hydrogens (tertiary/aromatic N) is 7. The third-order valence-corrected chi connectivity index (χ3v) is 8.95. The quantitative estimate of drug-likeness (QED) is 0.171. The second-order valence-electron chi connectivity index (χ2n) is 11.8. The molecule has 6 N–H and O–H groups in total. The van der Waals surface area contributed by atoms with Gasteiger partial charge in [-0.1, -0.05) is 60.7 Å². The van der Waals surface area contributed by atoms with Crippen LogP contribution in [0.4, 0.5) is 11.8 Å². The monoisotopic (exact) mass is 595 g/mol. The Hall–Kier alpha value is -4.36. The fraction of sp³-hybridized carbons (Fsp3) is 0.375. The predicted octanol–water partition coefficient (Wildman–Crippen LogP) is 2.20. The Bertz CT molecular complexity index is 1670. The standard InChI is InChI=1S/C32H37N9O3/c33-23-11-12-39(17-23)32-37-30(34-15-24(21-7-3-1-4-8-21)22-9-5-2-6-10-22)27-31(38-32)40(19-35-27)25-13-26(29(44)28(25)43)41-16-20(18-42)14-36-41/h1-10,14,16,19,23-26,28-29,42-44H,11-13,15,17-18,33H2,(H,34,37,38)/t23-,25+,26-,28-,29+/m0/s1. The number of imidazole rings is 1. The molecule has 12 heteroatoms. The third-order valence-electron chi connectivity index (χ3n) is 8.95. The SMILES string of the molecule is N[C@H]1CCN(c2nc(NCC(c3ccccc3)c3ccccc3)c3ncn([C@@H]4C[C@H](n5cc(CO)cn5)[C@@H](O)[C@H]4O)c3n2)C1. The zero-order valence-corrected chi connectivity index (χ0v) is 24.3.